The van der Waals surface area contributed by atoms with E-state index in [0.29, 0.717) is 31.0 Å². The zero-order chi connectivity index (χ0) is 20.6. The van der Waals surface area contributed by atoms with Crippen LogP contribution in [0.15, 0.2) is 59.5 Å². The predicted octanol–water partition coefficient (Wildman–Crippen LogP) is 4.02. The van der Waals surface area contributed by atoms with Gasteiger partial charge in [0.1, 0.15) is 0 Å². The molecule has 0 aromatic heterocycles. The Morgan fingerprint density at radius 3 is 2.41 bits per heavy atom. The van der Waals surface area contributed by atoms with Crippen molar-refractivity contribution in [3.63, 3.8) is 0 Å². The topological polar surface area (TPSA) is 63.7 Å². The van der Waals surface area contributed by atoms with E-state index in [4.69, 9.17) is 16.3 Å². The highest BCUT2D eigenvalue weighted by molar-refractivity contribution is 7.89. The number of halogens is 1. The van der Waals surface area contributed by atoms with Crippen molar-refractivity contribution in [1.82, 2.24) is 4.31 Å². The van der Waals surface area contributed by atoms with Crippen LogP contribution in [0.25, 0.3) is 5.57 Å². The summed E-state index contributed by atoms with van der Waals surface area (Å²) in [5.74, 6) is -0.366. The first-order valence-electron chi connectivity index (χ1n) is 9.50. The maximum atomic E-state index is 13.0. The van der Waals surface area contributed by atoms with Crippen LogP contribution in [-0.4, -0.2) is 38.9 Å². The Labute approximate surface area is 176 Å². The Morgan fingerprint density at radius 1 is 1.10 bits per heavy atom. The average Bonchev–Trinajstić information content (AvgIpc) is 3.02. The quantitative estimate of drug-likeness (QED) is 0.543. The molecule has 0 amide bonds. The fraction of sp³-hybridized carbons (Fsp3) is 0.318. The van der Waals surface area contributed by atoms with Gasteiger partial charge in [-0.15, -0.1) is 0 Å². The van der Waals surface area contributed by atoms with Gasteiger partial charge in [0.25, 0.3) is 0 Å². The lowest BCUT2D eigenvalue weighted by molar-refractivity contribution is -0.134. The lowest BCUT2D eigenvalue weighted by Gasteiger charge is -2.39. The number of carbonyl (C=O) groups excluding carboxylic acids is 1. The van der Waals surface area contributed by atoms with Crippen molar-refractivity contribution in [2.75, 3.05) is 20.2 Å². The van der Waals surface area contributed by atoms with E-state index < -0.39 is 10.0 Å². The molecule has 5 nitrogen and oxygen atoms in total. The second-order valence-corrected chi connectivity index (χ2v) is 9.93. The molecule has 2 aromatic rings. The van der Waals surface area contributed by atoms with E-state index in [1.54, 1.807) is 34.6 Å². The van der Waals surface area contributed by atoms with Crippen molar-refractivity contribution >= 4 is 33.2 Å². The minimum absolute atomic E-state index is 0.150. The third-order valence-corrected chi connectivity index (χ3v) is 8.16. The van der Waals surface area contributed by atoms with Crippen LogP contribution >= 0.6 is 11.6 Å². The van der Waals surface area contributed by atoms with Crippen molar-refractivity contribution in [3.05, 3.63) is 70.8 Å². The predicted molar refractivity (Wildman–Crippen MR) is 112 cm³/mol. The van der Waals surface area contributed by atoms with Gasteiger partial charge in [0.15, 0.2) is 0 Å². The van der Waals surface area contributed by atoms with Crippen LogP contribution in [0.5, 0.6) is 0 Å². The molecular weight excluding hydrogens is 410 g/mol. The summed E-state index contributed by atoms with van der Waals surface area (Å²) >= 11 is 5.89. The number of allylic oxidation sites excluding steroid dienone is 1. The SMILES string of the molecule is COC(=O)/C=C1/CC2(CCN(S(=O)(=O)c3ccc(Cl)cc3)CC2)c2ccccc21. The van der Waals surface area contributed by atoms with Gasteiger partial charge < -0.3 is 4.74 Å². The number of rotatable bonds is 3. The number of nitrogens with zero attached hydrogens (tertiary/aromatic N) is 1. The third kappa shape index (κ3) is 3.61. The Hall–Kier alpha value is -2.15. The summed E-state index contributed by atoms with van der Waals surface area (Å²) in [5.41, 5.74) is 3.06. The van der Waals surface area contributed by atoms with Gasteiger partial charge in [-0.2, -0.15) is 4.31 Å². The van der Waals surface area contributed by atoms with E-state index in [9.17, 15) is 13.2 Å². The zero-order valence-electron chi connectivity index (χ0n) is 16.1. The van der Waals surface area contributed by atoms with Crippen molar-refractivity contribution in [1.29, 1.82) is 0 Å². The van der Waals surface area contributed by atoms with Gasteiger partial charge in [-0.25, -0.2) is 13.2 Å². The molecule has 29 heavy (non-hydrogen) atoms. The van der Waals surface area contributed by atoms with E-state index in [2.05, 4.69) is 6.07 Å². The monoisotopic (exact) mass is 431 g/mol. The van der Waals surface area contributed by atoms with E-state index >= 15 is 0 Å². The van der Waals surface area contributed by atoms with E-state index in [0.717, 1.165) is 17.6 Å². The molecule has 0 saturated carbocycles. The molecule has 4 rings (SSSR count). The molecule has 1 aliphatic heterocycles. The highest BCUT2D eigenvalue weighted by atomic mass is 35.5. The smallest absolute Gasteiger partial charge is 0.330 e. The maximum Gasteiger partial charge on any atom is 0.330 e. The second kappa shape index (κ2) is 7.59. The molecule has 0 unspecified atom stereocenters. The minimum atomic E-state index is -3.55. The Bertz CT molecular complexity index is 1070. The molecular formula is C22H22ClNO4S. The number of hydrogen-bond acceptors (Lipinski definition) is 4. The number of fused-ring (bicyclic) bond motifs is 2. The second-order valence-electron chi connectivity index (χ2n) is 7.55. The number of methoxy groups -OCH3 is 1. The van der Waals surface area contributed by atoms with Gasteiger partial charge in [-0.1, -0.05) is 35.9 Å². The third-order valence-electron chi connectivity index (χ3n) is 6.00. The molecule has 0 radical (unpaired) electrons. The molecule has 152 valence electrons. The van der Waals surface area contributed by atoms with Crippen LogP contribution in [0.2, 0.25) is 5.02 Å². The first-order chi connectivity index (χ1) is 13.9. The maximum absolute atomic E-state index is 13.0. The van der Waals surface area contributed by atoms with Crippen LogP contribution in [0.1, 0.15) is 30.4 Å². The van der Waals surface area contributed by atoms with Crippen LogP contribution < -0.4 is 0 Å². The number of carbonyl (C=O) groups is 1. The first kappa shape index (κ1) is 20.1. The lowest BCUT2D eigenvalue weighted by atomic mass is 9.74. The molecule has 1 heterocycles. The largest absolute Gasteiger partial charge is 0.466 e. The fourth-order valence-electron chi connectivity index (χ4n) is 4.47. The minimum Gasteiger partial charge on any atom is -0.466 e. The molecule has 1 spiro atoms. The van der Waals surface area contributed by atoms with Gasteiger partial charge in [-0.3, -0.25) is 0 Å². The van der Waals surface area contributed by atoms with E-state index in [1.165, 1.54) is 12.7 Å². The Morgan fingerprint density at radius 2 is 1.76 bits per heavy atom. The molecule has 0 atom stereocenters. The number of sulfonamides is 1. The molecule has 1 fully saturated rings. The normalized spacial score (nSPS) is 20.0. The summed E-state index contributed by atoms with van der Waals surface area (Å²) in [6.45, 7) is 0.871. The molecule has 0 N–H and O–H groups in total. The number of hydrogen-bond donors (Lipinski definition) is 0. The molecule has 7 heteroatoms. The van der Waals surface area contributed by atoms with Crippen molar-refractivity contribution in [3.8, 4) is 0 Å². The summed E-state index contributed by atoms with van der Waals surface area (Å²) < 4.78 is 32.4. The molecule has 2 aromatic carbocycles. The highest BCUT2D eigenvalue weighted by Gasteiger charge is 2.45. The summed E-state index contributed by atoms with van der Waals surface area (Å²) in [6, 6.07) is 14.4. The van der Waals surface area contributed by atoms with Crippen LogP contribution in [0.4, 0.5) is 0 Å². The van der Waals surface area contributed by atoms with Gasteiger partial charge in [0.2, 0.25) is 10.0 Å². The standard InChI is InChI=1S/C22H22ClNO4S/c1-28-21(25)14-16-15-22(20-5-3-2-4-19(16)20)10-12-24(13-11-22)29(26,27)18-8-6-17(23)7-9-18/h2-9,14H,10-13,15H2,1H3/b16-14-. The summed E-state index contributed by atoms with van der Waals surface area (Å²) in [6.07, 6.45) is 3.69. The zero-order valence-corrected chi connectivity index (χ0v) is 17.7. The van der Waals surface area contributed by atoms with Crippen molar-refractivity contribution in [2.24, 2.45) is 0 Å². The molecule has 2 aliphatic rings. The number of esters is 1. The van der Waals surface area contributed by atoms with Gasteiger partial charge in [0.05, 0.1) is 12.0 Å². The van der Waals surface area contributed by atoms with E-state index in [1.807, 2.05) is 18.2 Å². The van der Waals surface area contributed by atoms with E-state index in [-0.39, 0.29) is 16.3 Å². The highest BCUT2D eigenvalue weighted by Crippen LogP contribution is 2.51. The Kier molecular flexibility index (Phi) is 5.27. The van der Waals surface area contributed by atoms with Gasteiger partial charge in [0, 0.05) is 29.6 Å². The number of benzene rings is 2. The van der Waals surface area contributed by atoms with Crippen LogP contribution in [-0.2, 0) is 25.0 Å². The molecule has 1 saturated heterocycles. The lowest BCUT2D eigenvalue weighted by Crippen LogP contribution is -2.44. The summed E-state index contributed by atoms with van der Waals surface area (Å²) in [4.78, 5) is 12.1. The van der Waals surface area contributed by atoms with Crippen LogP contribution in [0.3, 0.4) is 0 Å². The van der Waals surface area contributed by atoms with Crippen LogP contribution in [0, 0.1) is 0 Å². The summed E-state index contributed by atoms with van der Waals surface area (Å²) in [5, 5.41) is 0.508. The van der Waals surface area contributed by atoms with Gasteiger partial charge in [-0.05, 0) is 60.2 Å². The van der Waals surface area contributed by atoms with Crippen molar-refractivity contribution in [2.45, 2.75) is 29.6 Å². The average molecular weight is 432 g/mol. The summed E-state index contributed by atoms with van der Waals surface area (Å²) in [7, 11) is -2.18. The first-order valence-corrected chi connectivity index (χ1v) is 11.3. The Balaban J connectivity index is 1.60. The fourth-order valence-corrected chi connectivity index (χ4v) is 6.03. The molecule has 1 aliphatic carbocycles. The van der Waals surface area contributed by atoms with Crippen molar-refractivity contribution < 1.29 is 17.9 Å². The van der Waals surface area contributed by atoms with Gasteiger partial charge >= 0.3 is 5.97 Å². The molecule has 0 bridgehead atoms. The number of ether oxygens (including phenoxy) is 1. The number of piperidine rings is 1.